The summed E-state index contributed by atoms with van der Waals surface area (Å²) in [5.74, 6) is -0.820. The number of rotatable bonds is 4. The van der Waals surface area contributed by atoms with Gasteiger partial charge in [0.05, 0.1) is 12.0 Å². The van der Waals surface area contributed by atoms with Crippen LogP contribution in [0.4, 0.5) is 4.79 Å². The number of aromatic nitrogens is 2. The lowest BCUT2D eigenvalue weighted by molar-refractivity contribution is -0.123. The number of esters is 1. The summed E-state index contributed by atoms with van der Waals surface area (Å²) in [7, 11) is 0. The van der Waals surface area contributed by atoms with Crippen molar-refractivity contribution in [3.63, 3.8) is 0 Å². The molecule has 0 aromatic carbocycles. The molecule has 1 N–H and O–H groups in total. The minimum absolute atomic E-state index is 0.117. The van der Waals surface area contributed by atoms with Crippen LogP contribution in [-0.2, 0) is 27.2 Å². The number of fused-ring (bicyclic) bond motifs is 2. The Balaban J connectivity index is 1.76. The highest BCUT2D eigenvalue weighted by molar-refractivity contribution is 7.20. The number of nitrogens with one attached hydrogen (secondary N) is 1. The lowest BCUT2D eigenvalue weighted by atomic mass is 10.2. The predicted octanol–water partition coefficient (Wildman–Crippen LogP) is 1.14. The number of alkyl carbamates (subject to hydrolysis) is 1. The van der Waals surface area contributed by atoms with Crippen LogP contribution >= 0.6 is 11.3 Å². The van der Waals surface area contributed by atoms with Crippen LogP contribution in [0.15, 0.2) is 4.79 Å². The molecular formula is C16H17N3O6S. The van der Waals surface area contributed by atoms with Crippen molar-refractivity contribution < 1.29 is 23.9 Å². The maximum absolute atomic E-state index is 12.6. The zero-order valence-electron chi connectivity index (χ0n) is 14.3. The van der Waals surface area contributed by atoms with Crippen LogP contribution in [0.5, 0.6) is 0 Å². The van der Waals surface area contributed by atoms with E-state index < -0.39 is 24.6 Å². The molecule has 26 heavy (non-hydrogen) atoms. The average molecular weight is 379 g/mol. The van der Waals surface area contributed by atoms with Crippen LogP contribution in [-0.4, -0.2) is 40.7 Å². The van der Waals surface area contributed by atoms with Gasteiger partial charge in [0.2, 0.25) is 0 Å². The van der Waals surface area contributed by atoms with Crippen molar-refractivity contribution in [3.05, 3.63) is 26.6 Å². The number of amides is 2. The van der Waals surface area contributed by atoms with Gasteiger partial charge in [-0.1, -0.05) is 0 Å². The van der Waals surface area contributed by atoms with Crippen LogP contribution in [0.1, 0.15) is 34.4 Å². The first-order valence-electron chi connectivity index (χ1n) is 8.09. The lowest BCUT2D eigenvalue weighted by Gasteiger charge is -2.05. The highest BCUT2D eigenvalue weighted by Gasteiger charge is 2.24. The average Bonchev–Trinajstić information content (AvgIpc) is 3.18. The van der Waals surface area contributed by atoms with Crippen molar-refractivity contribution in [2.45, 2.75) is 33.2 Å². The fraction of sp³-hybridized carbons (Fsp3) is 0.438. The summed E-state index contributed by atoms with van der Waals surface area (Å²) in [6.45, 7) is 3.36. The first-order chi connectivity index (χ1) is 12.4. The summed E-state index contributed by atoms with van der Waals surface area (Å²) in [5.41, 5.74) is 0.329. The fourth-order valence-electron chi connectivity index (χ4n) is 2.78. The summed E-state index contributed by atoms with van der Waals surface area (Å²) in [5, 5.41) is 2.33. The Bertz CT molecular complexity index is 961. The van der Waals surface area contributed by atoms with E-state index in [1.165, 1.54) is 0 Å². The molecule has 9 nitrogen and oxygen atoms in total. The molecule has 138 valence electrons. The van der Waals surface area contributed by atoms with E-state index in [1.54, 1.807) is 18.4 Å². The normalized spacial score (nSPS) is 12.7. The maximum Gasteiger partial charge on any atom is 0.413 e. The SMILES string of the molecule is CCOC(=O)NC(=O)COC(=O)c1sc2nc3n(c(=O)c2c1C)CCC3. The third-order valence-electron chi connectivity index (χ3n) is 3.95. The summed E-state index contributed by atoms with van der Waals surface area (Å²) in [6, 6.07) is 0. The molecule has 0 bridgehead atoms. The Labute approximate surface area is 151 Å². The van der Waals surface area contributed by atoms with Crippen molar-refractivity contribution in [1.29, 1.82) is 0 Å². The Morgan fingerprint density at radius 1 is 1.31 bits per heavy atom. The quantitative estimate of drug-likeness (QED) is 0.792. The van der Waals surface area contributed by atoms with Crippen molar-refractivity contribution in [3.8, 4) is 0 Å². The van der Waals surface area contributed by atoms with Gasteiger partial charge in [-0.05, 0) is 25.8 Å². The highest BCUT2D eigenvalue weighted by atomic mass is 32.1. The molecule has 3 rings (SSSR count). The molecule has 0 saturated carbocycles. The van der Waals surface area contributed by atoms with Gasteiger partial charge in [0, 0.05) is 13.0 Å². The number of nitrogens with zero attached hydrogens (tertiary/aromatic N) is 2. The van der Waals surface area contributed by atoms with E-state index in [4.69, 9.17) is 4.74 Å². The number of thiophene rings is 1. The second-order valence-corrected chi connectivity index (χ2v) is 6.67. The summed E-state index contributed by atoms with van der Waals surface area (Å²) in [4.78, 5) is 52.7. The number of imide groups is 1. The standard InChI is InChI=1S/C16H17N3O6S/c1-3-24-16(23)18-10(20)7-25-15(22)12-8(2)11-13(26-12)17-9-5-4-6-19(9)14(11)21/h3-7H2,1-2H3,(H,18,20,23). The topological polar surface area (TPSA) is 117 Å². The molecule has 0 atom stereocenters. The van der Waals surface area contributed by atoms with Gasteiger partial charge in [-0.2, -0.15) is 0 Å². The minimum atomic E-state index is -0.904. The first kappa shape index (κ1) is 18.1. The number of carbonyl (C=O) groups is 3. The smallest absolute Gasteiger partial charge is 0.413 e. The Hall–Kier alpha value is -2.75. The van der Waals surface area contributed by atoms with Crippen LogP contribution in [0.3, 0.4) is 0 Å². The molecule has 0 aliphatic carbocycles. The number of ether oxygens (including phenoxy) is 2. The van der Waals surface area contributed by atoms with Gasteiger partial charge >= 0.3 is 12.1 Å². The largest absolute Gasteiger partial charge is 0.451 e. The van der Waals surface area contributed by atoms with Crippen molar-refractivity contribution in [1.82, 2.24) is 14.9 Å². The second-order valence-electron chi connectivity index (χ2n) is 5.67. The number of carbonyl (C=O) groups excluding carboxylic acids is 3. The Kier molecular flexibility index (Phi) is 5.03. The molecule has 2 amide bonds. The van der Waals surface area contributed by atoms with Crippen LogP contribution < -0.4 is 10.9 Å². The fourth-order valence-corrected chi connectivity index (χ4v) is 3.87. The molecule has 3 heterocycles. The third-order valence-corrected chi connectivity index (χ3v) is 5.11. The van der Waals surface area contributed by atoms with Gasteiger partial charge in [-0.3, -0.25) is 19.5 Å². The molecule has 1 aliphatic rings. The molecule has 0 fully saturated rings. The van der Waals surface area contributed by atoms with E-state index in [1.807, 2.05) is 5.32 Å². The van der Waals surface area contributed by atoms with E-state index in [0.717, 1.165) is 30.0 Å². The summed E-state index contributed by atoms with van der Waals surface area (Å²) >= 11 is 1.06. The number of hydrogen-bond donors (Lipinski definition) is 1. The van der Waals surface area contributed by atoms with E-state index in [-0.39, 0.29) is 17.0 Å². The molecule has 0 saturated heterocycles. The molecule has 10 heteroatoms. The zero-order valence-corrected chi connectivity index (χ0v) is 15.1. The predicted molar refractivity (Wildman–Crippen MR) is 92.4 cm³/mol. The first-order valence-corrected chi connectivity index (χ1v) is 8.90. The summed E-state index contributed by atoms with van der Waals surface area (Å²) in [6.07, 6.45) is 0.706. The Morgan fingerprint density at radius 3 is 2.81 bits per heavy atom. The number of hydrogen-bond acceptors (Lipinski definition) is 8. The molecule has 0 radical (unpaired) electrons. The maximum atomic E-state index is 12.6. The molecular weight excluding hydrogens is 362 g/mol. The third kappa shape index (κ3) is 3.32. The zero-order chi connectivity index (χ0) is 18.8. The van der Waals surface area contributed by atoms with E-state index in [0.29, 0.717) is 22.3 Å². The van der Waals surface area contributed by atoms with E-state index in [9.17, 15) is 19.2 Å². The minimum Gasteiger partial charge on any atom is -0.451 e. The van der Waals surface area contributed by atoms with Gasteiger partial charge in [0.1, 0.15) is 15.5 Å². The van der Waals surface area contributed by atoms with Gasteiger partial charge in [-0.25, -0.2) is 14.6 Å². The lowest BCUT2D eigenvalue weighted by Crippen LogP contribution is -2.34. The van der Waals surface area contributed by atoms with Gasteiger partial charge < -0.3 is 9.47 Å². The van der Waals surface area contributed by atoms with Gasteiger partial charge in [-0.15, -0.1) is 11.3 Å². The molecule has 1 aliphatic heterocycles. The number of aryl methyl sites for hydroxylation is 2. The monoisotopic (exact) mass is 379 g/mol. The van der Waals surface area contributed by atoms with Crippen molar-refractivity contribution in [2.75, 3.05) is 13.2 Å². The Morgan fingerprint density at radius 2 is 2.08 bits per heavy atom. The van der Waals surface area contributed by atoms with Crippen molar-refractivity contribution >= 4 is 39.5 Å². The van der Waals surface area contributed by atoms with E-state index >= 15 is 0 Å². The van der Waals surface area contributed by atoms with Crippen LogP contribution in [0.2, 0.25) is 0 Å². The molecule has 2 aromatic heterocycles. The molecule has 0 spiro atoms. The highest BCUT2D eigenvalue weighted by Crippen LogP contribution is 2.29. The van der Waals surface area contributed by atoms with Crippen LogP contribution in [0, 0.1) is 6.92 Å². The van der Waals surface area contributed by atoms with Crippen molar-refractivity contribution in [2.24, 2.45) is 0 Å². The van der Waals surface area contributed by atoms with Gasteiger partial charge in [0.25, 0.3) is 11.5 Å². The van der Waals surface area contributed by atoms with Gasteiger partial charge in [0.15, 0.2) is 6.61 Å². The van der Waals surface area contributed by atoms with E-state index in [2.05, 4.69) is 9.72 Å². The summed E-state index contributed by atoms with van der Waals surface area (Å²) < 4.78 is 11.1. The molecule has 2 aromatic rings. The second kappa shape index (κ2) is 7.24. The van der Waals surface area contributed by atoms with Crippen LogP contribution in [0.25, 0.3) is 10.2 Å². The molecule has 0 unspecified atom stereocenters.